The highest BCUT2D eigenvalue weighted by Gasteiger charge is 2.24. The quantitative estimate of drug-likeness (QED) is 0.702. The molecule has 1 aromatic rings. The highest BCUT2D eigenvalue weighted by molar-refractivity contribution is 6.16. The summed E-state index contributed by atoms with van der Waals surface area (Å²) >= 11 is 5.63. The topological polar surface area (TPSA) is 29.3 Å². The first kappa shape index (κ1) is 8.88. The van der Waals surface area contributed by atoms with E-state index >= 15 is 0 Å². The molecule has 4 heteroatoms. The van der Waals surface area contributed by atoms with E-state index in [1.807, 2.05) is 7.05 Å². The number of hydrogen-bond donors (Lipinski definition) is 0. The van der Waals surface area contributed by atoms with Crippen LogP contribution in [0.2, 0.25) is 0 Å². The number of hydrogen-bond acceptors (Lipinski definition) is 3. The molecule has 1 aliphatic rings. The second-order valence-electron chi connectivity index (χ2n) is 3.45. The number of alkyl halides is 1. The van der Waals surface area contributed by atoms with Crippen molar-refractivity contribution in [2.45, 2.75) is 31.2 Å². The van der Waals surface area contributed by atoms with Gasteiger partial charge in [0.15, 0.2) is 0 Å². The molecule has 0 bridgehead atoms. The molecule has 1 aliphatic carbocycles. The number of anilines is 1. The monoisotopic (exact) mass is 200 g/mol. The van der Waals surface area contributed by atoms with Crippen LogP contribution in [0.15, 0.2) is 10.7 Å². The first-order valence-electron chi connectivity index (χ1n) is 4.54. The zero-order valence-corrected chi connectivity index (χ0v) is 8.42. The maximum atomic E-state index is 5.63. The normalized spacial score (nSPS) is 17.1. The fraction of sp³-hybridized carbons (Fsp3) is 0.667. The number of nitrogens with zero attached hydrogens (tertiary/aromatic N) is 2. The Morgan fingerprint density at radius 2 is 2.46 bits per heavy atom. The zero-order valence-electron chi connectivity index (χ0n) is 7.66. The van der Waals surface area contributed by atoms with Gasteiger partial charge < -0.3 is 9.32 Å². The van der Waals surface area contributed by atoms with E-state index in [2.05, 4.69) is 9.88 Å². The molecule has 0 N–H and O–H groups in total. The van der Waals surface area contributed by atoms with E-state index in [-0.39, 0.29) is 0 Å². The lowest BCUT2D eigenvalue weighted by Gasteiger charge is -2.33. The van der Waals surface area contributed by atoms with Gasteiger partial charge in [-0.25, -0.2) is 0 Å². The highest BCUT2D eigenvalue weighted by Crippen LogP contribution is 2.27. The van der Waals surface area contributed by atoms with Crippen LogP contribution >= 0.6 is 11.6 Å². The van der Waals surface area contributed by atoms with E-state index in [0.29, 0.717) is 17.9 Å². The molecule has 2 rings (SSSR count). The van der Waals surface area contributed by atoms with Crippen molar-refractivity contribution in [3.05, 3.63) is 12.0 Å². The Kier molecular flexibility index (Phi) is 2.44. The molecule has 72 valence electrons. The van der Waals surface area contributed by atoms with Gasteiger partial charge in [-0.05, 0) is 19.3 Å². The van der Waals surface area contributed by atoms with E-state index in [0.717, 1.165) is 5.69 Å². The molecule has 3 nitrogen and oxygen atoms in total. The summed E-state index contributed by atoms with van der Waals surface area (Å²) in [6.45, 7) is 0. The Hall–Kier alpha value is -0.700. The van der Waals surface area contributed by atoms with Gasteiger partial charge in [-0.15, -0.1) is 11.6 Å². The van der Waals surface area contributed by atoms with E-state index in [9.17, 15) is 0 Å². The fourth-order valence-corrected chi connectivity index (χ4v) is 1.57. The molecule has 0 atom stereocenters. The maximum absolute atomic E-state index is 5.63. The lowest BCUT2D eigenvalue weighted by molar-refractivity contribution is 0.379. The van der Waals surface area contributed by atoms with E-state index in [1.165, 1.54) is 19.3 Å². The van der Waals surface area contributed by atoms with Crippen LogP contribution in [0.3, 0.4) is 0 Å². The first-order chi connectivity index (χ1) is 6.31. The summed E-state index contributed by atoms with van der Waals surface area (Å²) < 4.78 is 5.30. The number of halogens is 1. The fourth-order valence-electron chi connectivity index (χ4n) is 1.45. The molecular formula is C9H13ClN2O. The average molecular weight is 201 g/mol. The molecule has 0 saturated heterocycles. The van der Waals surface area contributed by atoms with Crippen molar-refractivity contribution in [2.75, 3.05) is 11.9 Å². The standard InChI is InChI=1S/C9H13ClN2O/c1-12(8-3-2-4-8)9-11-7(5-10)6-13-9/h6,8H,2-5H2,1H3. The molecule has 0 aliphatic heterocycles. The maximum Gasteiger partial charge on any atom is 0.297 e. The van der Waals surface area contributed by atoms with Crippen molar-refractivity contribution in [3.63, 3.8) is 0 Å². The number of aromatic nitrogens is 1. The molecule has 0 radical (unpaired) electrons. The molecular weight excluding hydrogens is 188 g/mol. The molecule has 1 heterocycles. The predicted molar refractivity (Wildman–Crippen MR) is 52.1 cm³/mol. The Morgan fingerprint density at radius 1 is 1.69 bits per heavy atom. The smallest absolute Gasteiger partial charge is 0.297 e. The van der Waals surface area contributed by atoms with Crippen LogP contribution < -0.4 is 4.90 Å². The summed E-state index contributed by atoms with van der Waals surface area (Å²) in [6.07, 6.45) is 5.43. The van der Waals surface area contributed by atoms with E-state index in [1.54, 1.807) is 6.26 Å². The van der Waals surface area contributed by atoms with Crippen molar-refractivity contribution in [1.29, 1.82) is 0 Å². The lowest BCUT2D eigenvalue weighted by Crippen LogP contribution is -2.37. The van der Waals surface area contributed by atoms with Gasteiger partial charge in [0, 0.05) is 13.1 Å². The van der Waals surface area contributed by atoms with Crippen LogP contribution in [-0.4, -0.2) is 18.1 Å². The molecule has 0 spiro atoms. The molecule has 0 amide bonds. The summed E-state index contributed by atoms with van der Waals surface area (Å²) in [5, 5.41) is 0. The molecule has 1 saturated carbocycles. The second-order valence-corrected chi connectivity index (χ2v) is 3.72. The van der Waals surface area contributed by atoms with Crippen molar-refractivity contribution in [2.24, 2.45) is 0 Å². The van der Waals surface area contributed by atoms with Crippen molar-refractivity contribution in [1.82, 2.24) is 4.98 Å². The third-order valence-electron chi connectivity index (χ3n) is 2.60. The minimum Gasteiger partial charge on any atom is -0.432 e. The van der Waals surface area contributed by atoms with Gasteiger partial charge in [0.05, 0.1) is 11.6 Å². The van der Waals surface area contributed by atoms with Crippen LogP contribution in [0.4, 0.5) is 6.01 Å². The summed E-state index contributed by atoms with van der Waals surface area (Å²) in [7, 11) is 2.02. The number of rotatable bonds is 3. The zero-order chi connectivity index (χ0) is 9.26. The summed E-state index contributed by atoms with van der Waals surface area (Å²) in [4.78, 5) is 6.36. The summed E-state index contributed by atoms with van der Waals surface area (Å²) in [5.74, 6) is 0.419. The highest BCUT2D eigenvalue weighted by atomic mass is 35.5. The van der Waals surface area contributed by atoms with Crippen LogP contribution in [0.5, 0.6) is 0 Å². The van der Waals surface area contributed by atoms with Gasteiger partial charge in [-0.3, -0.25) is 0 Å². The third-order valence-corrected chi connectivity index (χ3v) is 2.87. The predicted octanol–water partition coefficient (Wildman–Crippen LogP) is 2.40. The molecule has 0 unspecified atom stereocenters. The van der Waals surface area contributed by atoms with Gasteiger partial charge in [-0.2, -0.15) is 4.98 Å². The van der Waals surface area contributed by atoms with Gasteiger partial charge in [0.25, 0.3) is 6.01 Å². The Balaban J connectivity index is 2.05. The first-order valence-corrected chi connectivity index (χ1v) is 5.08. The van der Waals surface area contributed by atoms with Gasteiger partial charge in [-0.1, -0.05) is 0 Å². The van der Waals surface area contributed by atoms with Gasteiger partial charge in [0.2, 0.25) is 0 Å². The Bertz CT molecular complexity index is 283. The molecule has 1 fully saturated rings. The van der Waals surface area contributed by atoms with Gasteiger partial charge in [0.1, 0.15) is 6.26 Å². The van der Waals surface area contributed by atoms with Crippen LogP contribution in [0.1, 0.15) is 25.0 Å². The second kappa shape index (κ2) is 3.58. The van der Waals surface area contributed by atoms with Crippen LogP contribution in [0, 0.1) is 0 Å². The molecule has 0 aromatic carbocycles. The third kappa shape index (κ3) is 1.66. The minimum absolute atomic E-state index is 0.419. The van der Waals surface area contributed by atoms with Crippen molar-refractivity contribution >= 4 is 17.6 Å². The van der Waals surface area contributed by atoms with Crippen LogP contribution in [0.25, 0.3) is 0 Å². The Labute approximate surface area is 82.7 Å². The Morgan fingerprint density at radius 3 is 2.92 bits per heavy atom. The summed E-state index contributed by atoms with van der Waals surface area (Å²) in [6, 6.07) is 1.31. The molecule has 13 heavy (non-hydrogen) atoms. The molecule has 1 aromatic heterocycles. The van der Waals surface area contributed by atoms with E-state index in [4.69, 9.17) is 16.0 Å². The number of oxazole rings is 1. The average Bonchev–Trinajstić information content (AvgIpc) is 2.48. The SMILES string of the molecule is CN(c1nc(CCl)co1)C1CCC1. The largest absolute Gasteiger partial charge is 0.432 e. The minimum atomic E-state index is 0.419. The summed E-state index contributed by atoms with van der Waals surface area (Å²) in [5.41, 5.74) is 0.808. The lowest BCUT2D eigenvalue weighted by atomic mass is 9.92. The van der Waals surface area contributed by atoms with E-state index < -0.39 is 0 Å². The van der Waals surface area contributed by atoms with Crippen LogP contribution in [-0.2, 0) is 5.88 Å². The van der Waals surface area contributed by atoms with Crippen molar-refractivity contribution < 1.29 is 4.42 Å². The van der Waals surface area contributed by atoms with Crippen molar-refractivity contribution in [3.8, 4) is 0 Å². The van der Waals surface area contributed by atoms with Gasteiger partial charge >= 0.3 is 0 Å².